The van der Waals surface area contributed by atoms with Crippen molar-refractivity contribution in [3.05, 3.63) is 97.1 Å². The summed E-state index contributed by atoms with van der Waals surface area (Å²) in [5.74, 6) is 0. The molecule has 2 aromatic rings. The molecule has 3 nitrogen and oxygen atoms in total. The highest BCUT2D eigenvalue weighted by molar-refractivity contribution is 5.61. The molecule has 0 N–H and O–H groups in total. The summed E-state index contributed by atoms with van der Waals surface area (Å²) in [5.41, 5.74) is 2.14. The van der Waals surface area contributed by atoms with Crippen molar-refractivity contribution >= 4 is 6.16 Å². The zero-order valence-corrected chi connectivity index (χ0v) is 13.6. The molecule has 2 aromatic carbocycles. The Hall–Kier alpha value is -2.81. The maximum absolute atomic E-state index is 12.0. The molecular formula is C21H22O3. The summed E-state index contributed by atoms with van der Waals surface area (Å²) in [6.07, 6.45) is 2.78. The molecule has 24 heavy (non-hydrogen) atoms. The number of carbonyl (C=O) groups is 1. The minimum atomic E-state index is -0.711. The molecule has 0 spiro atoms. The molecule has 0 radical (unpaired) electrons. The van der Waals surface area contributed by atoms with Gasteiger partial charge in [-0.1, -0.05) is 86.0 Å². The quantitative estimate of drug-likeness (QED) is 0.520. The van der Waals surface area contributed by atoms with Gasteiger partial charge in [0.25, 0.3) is 0 Å². The zero-order chi connectivity index (χ0) is 17.2. The third kappa shape index (κ3) is 5.76. The van der Waals surface area contributed by atoms with Crippen LogP contribution in [0, 0.1) is 0 Å². The highest BCUT2D eigenvalue weighted by Gasteiger charge is 2.17. The molecule has 0 saturated carbocycles. The molecule has 3 heteroatoms. The smallest absolute Gasteiger partial charge is 0.426 e. The van der Waals surface area contributed by atoms with Crippen LogP contribution in [0.25, 0.3) is 0 Å². The van der Waals surface area contributed by atoms with Crippen molar-refractivity contribution in [1.29, 1.82) is 0 Å². The van der Waals surface area contributed by atoms with E-state index in [1.54, 1.807) is 12.2 Å². The maximum atomic E-state index is 12.0. The van der Waals surface area contributed by atoms with Gasteiger partial charge in [-0.25, -0.2) is 4.79 Å². The van der Waals surface area contributed by atoms with E-state index in [1.807, 2.05) is 60.7 Å². The van der Waals surface area contributed by atoms with Gasteiger partial charge < -0.3 is 9.47 Å². The number of hydrogen-bond acceptors (Lipinski definition) is 3. The summed E-state index contributed by atoms with van der Waals surface area (Å²) < 4.78 is 10.7. The number of carbonyl (C=O) groups excluding carboxylic acids is 1. The lowest BCUT2D eigenvalue weighted by Gasteiger charge is -2.17. The Labute approximate surface area is 143 Å². The molecule has 0 fully saturated rings. The average molecular weight is 322 g/mol. The zero-order valence-electron chi connectivity index (χ0n) is 13.6. The Kier molecular flexibility index (Phi) is 6.84. The summed E-state index contributed by atoms with van der Waals surface area (Å²) in [6, 6.07) is 19.6. The monoisotopic (exact) mass is 322 g/mol. The molecule has 0 aliphatic heterocycles. The number of ether oxygens (including phenoxy) is 2. The normalized spacial score (nSPS) is 12.7. The lowest BCUT2D eigenvalue weighted by atomic mass is 10.1. The highest BCUT2D eigenvalue weighted by Crippen LogP contribution is 2.11. The summed E-state index contributed by atoms with van der Waals surface area (Å²) in [6.45, 7) is 7.45. The van der Waals surface area contributed by atoms with Gasteiger partial charge in [0.15, 0.2) is 0 Å². The predicted octanol–water partition coefficient (Wildman–Crippen LogP) is 4.73. The molecule has 2 atom stereocenters. The van der Waals surface area contributed by atoms with Crippen molar-refractivity contribution in [2.24, 2.45) is 0 Å². The van der Waals surface area contributed by atoms with Crippen LogP contribution in [0.5, 0.6) is 0 Å². The second-order valence-electron chi connectivity index (χ2n) is 5.41. The van der Waals surface area contributed by atoms with E-state index in [2.05, 4.69) is 13.2 Å². The Bertz CT molecular complexity index is 592. The fourth-order valence-corrected chi connectivity index (χ4v) is 2.31. The maximum Gasteiger partial charge on any atom is 0.509 e. The third-order valence-corrected chi connectivity index (χ3v) is 3.58. The SMILES string of the molecule is C=CC(Cc1ccccc1)OC(=O)OC(C=C)Cc1ccccc1. The van der Waals surface area contributed by atoms with Crippen molar-refractivity contribution in [3.63, 3.8) is 0 Å². The van der Waals surface area contributed by atoms with E-state index in [0.29, 0.717) is 12.8 Å². The van der Waals surface area contributed by atoms with E-state index in [-0.39, 0.29) is 0 Å². The molecule has 2 rings (SSSR count). The Morgan fingerprint density at radius 1 is 0.792 bits per heavy atom. The van der Waals surface area contributed by atoms with E-state index in [0.717, 1.165) is 11.1 Å². The topological polar surface area (TPSA) is 35.5 Å². The van der Waals surface area contributed by atoms with Crippen molar-refractivity contribution in [1.82, 2.24) is 0 Å². The molecule has 124 valence electrons. The van der Waals surface area contributed by atoms with Crippen LogP contribution in [0.4, 0.5) is 4.79 Å². The summed E-state index contributed by atoms with van der Waals surface area (Å²) in [7, 11) is 0. The summed E-state index contributed by atoms with van der Waals surface area (Å²) in [4.78, 5) is 12.0. The average Bonchev–Trinajstić information content (AvgIpc) is 2.62. The summed E-state index contributed by atoms with van der Waals surface area (Å²) >= 11 is 0. The number of hydrogen-bond donors (Lipinski definition) is 0. The van der Waals surface area contributed by atoms with Crippen LogP contribution in [0.2, 0.25) is 0 Å². The minimum Gasteiger partial charge on any atom is -0.426 e. The largest absolute Gasteiger partial charge is 0.509 e. The van der Waals surface area contributed by atoms with E-state index in [4.69, 9.17) is 9.47 Å². The Morgan fingerprint density at radius 3 is 1.50 bits per heavy atom. The van der Waals surface area contributed by atoms with E-state index in [1.165, 1.54) is 0 Å². The first-order valence-corrected chi connectivity index (χ1v) is 7.91. The first kappa shape index (κ1) is 17.5. The summed E-state index contributed by atoms with van der Waals surface area (Å²) in [5, 5.41) is 0. The van der Waals surface area contributed by atoms with Crippen LogP contribution in [-0.2, 0) is 22.3 Å². The standard InChI is InChI=1S/C21H22O3/c1-3-19(15-17-11-7-5-8-12-17)23-21(22)24-20(4-2)16-18-13-9-6-10-14-18/h3-14,19-20H,1-2,15-16H2. The third-order valence-electron chi connectivity index (χ3n) is 3.58. The Morgan fingerprint density at radius 2 is 1.17 bits per heavy atom. The van der Waals surface area contributed by atoms with Gasteiger partial charge in [0.1, 0.15) is 12.2 Å². The first-order valence-electron chi connectivity index (χ1n) is 7.91. The minimum absolute atomic E-state index is 0.429. The van der Waals surface area contributed by atoms with Crippen LogP contribution in [-0.4, -0.2) is 18.4 Å². The van der Waals surface area contributed by atoms with Crippen LogP contribution in [0.1, 0.15) is 11.1 Å². The van der Waals surface area contributed by atoms with Gasteiger partial charge in [0, 0.05) is 12.8 Å². The van der Waals surface area contributed by atoms with Crippen molar-refractivity contribution in [3.8, 4) is 0 Å². The lowest BCUT2D eigenvalue weighted by molar-refractivity contribution is 0.0218. The molecule has 2 unspecified atom stereocenters. The molecule has 0 aliphatic carbocycles. The van der Waals surface area contributed by atoms with Crippen molar-refractivity contribution in [2.45, 2.75) is 25.0 Å². The second-order valence-corrected chi connectivity index (χ2v) is 5.41. The molecule has 0 heterocycles. The van der Waals surface area contributed by atoms with Gasteiger partial charge in [0.2, 0.25) is 0 Å². The fourth-order valence-electron chi connectivity index (χ4n) is 2.31. The van der Waals surface area contributed by atoms with Crippen LogP contribution in [0.15, 0.2) is 86.0 Å². The van der Waals surface area contributed by atoms with E-state index in [9.17, 15) is 4.79 Å². The molecule has 0 aromatic heterocycles. The van der Waals surface area contributed by atoms with Gasteiger partial charge in [-0.2, -0.15) is 0 Å². The molecule has 0 aliphatic rings. The van der Waals surface area contributed by atoms with E-state index < -0.39 is 18.4 Å². The van der Waals surface area contributed by atoms with Gasteiger partial charge >= 0.3 is 6.16 Å². The first-order chi connectivity index (χ1) is 11.7. The number of rotatable bonds is 8. The van der Waals surface area contributed by atoms with Crippen LogP contribution < -0.4 is 0 Å². The number of benzene rings is 2. The molecule has 0 amide bonds. The second kappa shape index (κ2) is 9.36. The molecule has 0 bridgehead atoms. The predicted molar refractivity (Wildman–Crippen MR) is 95.8 cm³/mol. The van der Waals surface area contributed by atoms with Gasteiger partial charge in [-0.15, -0.1) is 0 Å². The van der Waals surface area contributed by atoms with E-state index >= 15 is 0 Å². The van der Waals surface area contributed by atoms with Gasteiger partial charge in [-0.3, -0.25) is 0 Å². The molecular weight excluding hydrogens is 300 g/mol. The lowest BCUT2D eigenvalue weighted by Crippen LogP contribution is -2.24. The highest BCUT2D eigenvalue weighted by atomic mass is 16.7. The van der Waals surface area contributed by atoms with Crippen molar-refractivity contribution in [2.75, 3.05) is 0 Å². The fraction of sp³-hybridized carbons (Fsp3) is 0.190. The Balaban J connectivity index is 1.87. The van der Waals surface area contributed by atoms with Crippen LogP contribution in [0.3, 0.4) is 0 Å². The van der Waals surface area contributed by atoms with Gasteiger partial charge in [-0.05, 0) is 11.1 Å². The van der Waals surface area contributed by atoms with Gasteiger partial charge in [0.05, 0.1) is 0 Å². The van der Waals surface area contributed by atoms with Crippen LogP contribution >= 0.6 is 0 Å². The molecule has 0 saturated heterocycles. The van der Waals surface area contributed by atoms with Crippen molar-refractivity contribution < 1.29 is 14.3 Å².